The van der Waals surface area contributed by atoms with E-state index in [-0.39, 0.29) is 17.8 Å². The average molecular weight is 376 g/mol. The Morgan fingerprint density at radius 1 is 1.04 bits per heavy atom. The standard InChI is InChI=1S/C23H21FN2O2/c24-20-9-6-17(7-10-20)14-18-8-11-21(25-15-18)22-16-26(12-13-28-22)23(27)19-4-2-1-3-5-19/h1-11,15,22H,12-14,16H2/t22-/m0/s1. The summed E-state index contributed by atoms with van der Waals surface area (Å²) in [6, 6.07) is 19.7. The van der Waals surface area contributed by atoms with Crippen molar-refractivity contribution in [1.82, 2.24) is 9.88 Å². The maximum absolute atomic E-state index is 13.0. The zero-order chi connectivity index (χ0) is 19.3. The predicted molar refractivity (Wildman–Crippen MR) is 104 cm³/mol. The molecular formula is C23H21FN2O2. The number of carbonyl (C=O) groups excluding carboxylic acids is 1. The van der Waals surface area contributed by atoms with Crippen LogP contribution in [0.15, 0.2) is 72.9 Å². The summed E-state index contributed by atoms with van der Waals surface area (Å²) in [4.78, 5) is 19.0. The summed E-state index contributed by atoms with van der Waals surface area (Å²) in [6.45, 7) is 1.55. The van der Waals surface area contributed by atoms with Gasteiger partial charge in [0.2, 0.25) is 0 Å². The minimum Gasteiger partial charge on any atom is -0.368 e. The molecule has 4 rings (SSSR count). The number of rotatable bonds is 4. The molecule has 0 aliphatic carbocycles. The zero-order valence-electron chi connectivity index (χ0n) is 15.4. The van der Waals surface area contributed by atoms with Gasteiger partial charge in [-0.3, -0.25) is 9.78 Å². The van der Waals surface area contributed by atoms with Gasteiger partial charge in [-0.05, 0) is 47.9 Å². The molecule has 142 valence electrons. The number of carbonyl (C=O) groups is 1. The van der Waals surface area contributed by atoms with Crippen LogP contribution in [0.5, 0.6) is 0 Å². The molecule has 28 heavy (non-hydrogen) atoms. The number of aromatic nitrogens is 1. The summed E-state index contributed by atoms with van der Waals surface area (Å²) in [7, 11) is 0. The molecule has 0 radical (unpaired) electrons. The van der Waals surface area contributed by atoms with Crippen molar-refractivity contribution in [3.05, 3.63) is 101 Å². The Morgan fingerprint density at radius 2 is 1.79 bits per heavy atom. The fourth-order valence-corrected chi connectivity index (χ4v) is 3.34. The number of amides is 1. The molecule has 2 aromatic carbocycles. The van der Waals surface area contributed by atoms with Gasteiger partial charge in [0.05, 0.1) is 18.8 Å². The van der Waals surface area contributed by atoms with Crippen LogP contribution in [-0.4, -0.2) is 35.5 Å². The molecule has 1 saturated heterocycles. The zero-order valence-corrected chi connectivity index (χ0v) is 15.4. The molecule has 0 N–H and O–H groups in total. The Morgan fingerprint density at radius 3 is 2.50 bits per heavy atom. The maximum atomic E-state index is 13.0. The summed E-state index contributed by atoms with van der Waals surface area (Å²) >= 11 is 0. The third-order valence-electron chi connectivity index (χ3n) is 4.87. The van der Waals surface area contributed by atoms with Crippen molar-refractivity contribution in [1.29, 1.82) is 0 Å². The van der Waals surface area contributed by atoms with Crippen LogP contribution in [0.1, 0.15) is 33.3 Å². The van der Waals surface area contributed by atoms with E-state index in [1.165, 1.54) is 12.1 Å². The lowest BCUT2D eigenvalue weighted by atomic mass is 10.1. The molecule has 1 atom stereocenters. The summed E-state index contributed by atoms with van der Waals surface area (Å²) in [6.07, 6.45) is 2.28. The second-order valence-electron chi connectivity index (χ2n) is 6.87. The monoisotopic (exact) mass is 376 g/mol. The van der Waals surface area contributed by atoms with Gasteiger partial charge < -0.3 is 9.64 Å². The number of hydrogen-bond donors (Lipinski definition) is 0. The Bertz CT molecular complexity index is 927. The van der Waals surface area contributed by atoms with Gasteiger partial charge in [0.25, 0.3) is 5.91 Å². The summed E-state index contributed by atoms with van der Waals surface area (Å²) < 4.78 is 18.9. The molecule has 3 aromatic rings. The second-order valence-corrected chi connectivity index (χ2v) is 6.87. The first-order valence-electron chi connectivity index (χ1n) is 9.34. The van der Waals surface area contributed by atoms with Crippen molar-refractivity contribution in [3.63, 3.8) is 0 Å². The smallest absolute Gasteiger partial charge is 0.254 e. The highest BCUT2D eigenvalue weighted by atomic mass is 19.1. The summed E-state index contributed by atoms with van der Waals surface area (Å²) in [5, 5.41) is 0. The highest BCUT2D eigenvalue weighted by Crippen LogP contribution is 2.22. The molecule has 1 fully saturated rings. The quantitative estimate of drug-likeness (QED) is 0.691. The second kappa shape index (κ2) is 8.31. The van der Waals surface area contributed by atoms with Crippen molar-refractivity contribution in [2.75, 3.05) is 19.7 Å². The average Bonchev–Trinajstić information content (AvgIpc) is 2.76. The SMILES string of the molecule is O=C(c1ccccc1)N1CCO[C@H](c2ccc(Cc3ccc(F)cc3)cn2)C1. The largest absolute Gasteiger partial charge is 0.368 e. The Hall–Kier alpha value is -3.05. The highest BCUT2D eigenvalue weighted by Gasteiger charge is 2.26. The molecule has 0 unspecified atom stereocenters. The van der Waals surface area contributed by atoms with Gasteiger partial charge in [0, 0.05) is 18.3 Å². The van der Waals surface area contributed by atoms with Gasteiger partial charge >= 0.3 is 0 Å². The van der Waals surface area contributed by atoms with Gasteiger partial charge in [-0.15, -0.1) is 0 Å². The van der Waals surface area contributed by atoms with E-state index in [9.17, 15) is 9.18 Å². The lowest BCUT2D eigenvalue weighted by molar-refractivity contribution is -0.0247. The lowest BCUT2D eigenvalue weighted by Gasteiger charge is -2.32. The Labute approximate surface area is 163 Å². The lowest BCUT2D eigenvalue weighted by Crippen LogP contribution is -2.42. The van der Waals surface area contributed by atoms with E-state index in [1.54, 1.807) is 12.1 Å². The minimum atomic E-state index is -0.235. The van der Waals surface area contributed by atoms with E-state index in [2.05, 4.69) is 4.98 Å². The van der Waals surface area contributed by atoms with Crippen LogP contribution in [0.4, 0.5) is 4.39 Å². The first kappa shape index (κ1) is 18.3. The Kier molecular flexibility index (Phi) is 5.44. The number of nitrogens with zero attached hydrogens (tertiary/aromatic N) is 2. The van der Waals surface area contributed by atoms with Gasteiger partial charge in [-0.25, -0.2) is 4.39 Å². The Balaban J connectivity index is 1.42. The van der Waals surface area contributed by atoms with E-state index in [0.717, 1.165) is 16.8 Å². The number of benzene rings is 2. The first-order valence-corrected chi connectivity index (χ1v) is 9.34. The van der Waals surface area contributed by atoms with Crippen LogP contribution < -0.4 is 0 Å². The molecule has 0 bridgehead atoms. The van der Waals surface area contributed by atoms with Crippen LogP contribution >= 0.6 is 0 Å². The van der Waals surface area contributed by atoms with Crippen molar-refractivity contribution >= 4 is 5.91 Å². The minimum absolute atomic E-state index is 0.0156. The van der Waals surface area contributed by atoms with E-state index >= 15 is 0 Å². The molecule has 1 aromatic heterocycles. The number of ether oxygens (including phenoxy) is 1. The number of halogens is 1. The molecule has 4 nitrogen and oxygen atoms in total. The molecule has 0 spiro atoms. The van der Waals surface area contributed by atoms with E-state index in [1.807, 2.05) is 53.6 Å². The highest BCUT2D eigenvalue weighted by molar-refractivity contribution is 5.94. The fraction of sp³-hybridized carbons (Fsp3) is 0.217. The van der Waals surface area contributed by atoms with Gasteiger partial charge in [0.15, 0.2) is 0 Å². The summed E-state index contributed by atoms with van der Waals surface area (Å²) in [5.41, 5.74) is 3.58. The van der Waals surface area contributed by atoms with Gasteiger partial charge in [-0.2, -0.15) is 0 Å². The van der Waals surface area contributed by atoms with Crippen LogP contribution in [0, 0.1) is 5.82 Å². The topological polar surface area (TPSA) is 42.4 Å². The van der Waals surface area contributed by atoms with Crippen LogP contribution in [-0.2, 0) is 11.2 Å². The molecule has 0 saturated carbocycles. The molecule has 1 aliphatic rings. The van der Waals surface area contributed by atoms with Crippen molar-refractivity contribution in [2.45, 2.75) is 12.5 Å². The van der Waals surface area contributed by atoms with Crippen LogP contribution in [0.3, 0.4) is 0 Å². The van der Waals surface area contributed by atoms with Gasteiger partial charge in [0.1, 0.15) is 11.9 Å². The molecule has 1 aliphatic heterocycles. The summed E-state index contributed by atoms with van der Waals surface area (Å²) in [5.74, 6) is -0.219. The maximum Gasteiger partial charge on any atom is 0.254 e. The van der Waals surface area contributed by atoms with Crippen molar-refractivity contribution < 1.29 is 13.9 Å². The van der Waals surface area contributed by atoms with Gasteiger partial charge in [-0.1, -0.05) is 36.4 Å². The third kappa shape index (κ3) is 4.26. The third-order valence-corrected chi connectivity index (χ3v) is 4.87. The van der Waals surface area contributed by atoms with Crippen molar-refractivity contribution in [2.24, 2.45) is 0 Å². The molecular weight excluding hydrogens is 355 g/mol. The normalized spacial score (nSPS) is 16.8. The number of morpholine rings is 1. The number of hydrogen-bond acceptors (Lipinski definition) is 3. The molecule has 2 heterocycles. The fourth-order valence-electron chi connectivity index (χ4n) is 3.34. The van der Waals surface area contributed by atoms with Crippen molar-refractivity contribution in [3.8, 4) is 0 Å². The number of pyridine rings is 1. The van der Waals surface area contributed by atoms with Crippen LogP contribution in [0.2, 0.25) is 0 Å². The van der Waals surface area contributed by atoms with Crippen LogP contribution in [0.25, 0.3) is 0 Å². The molecule has 1 amide bonds. The predicted octanol–water partition coefficient (Wildman–Crippen LogP) is 4.03. The molecule has 5 heteroatoms. The first-order chi connectivity index (χ1) is 13.7. The van der Waals surface area contributed by atoms with E-state index in [4.69, 9.17) is 4.74 Å². The van der Waals surface area contributed by atoms with E-state index in [0.29, 0.717) is 31.7 Å². The van der Waals surface area contributed by atoms with E-state index < -0.39 is 0 Å².